The van der Waals surface area contributed by atoms with Gasteiger partial charge in [-0.2, -0.15) is 0 Å². The number of nitrogens with one attached hydrogen (secondary N) is 1. The number of amides is 1. The minimum Gasteiger partial charge on any atom is -0.495 e. The zero-order valence-electron chi connectivity index (χ0n) is 15.3. The van der Waals surface area contributed by atoms with Gasteiger partial charge in [0.25, 0.3) is 11.4 Å². The average Bonchev–Trinajstić information content (AvgIpc) is 2.64. The Hall–Kier alpha value is -3.74. The molecule has 0 radical (unpaired) electrons. The van der Waals surface area contributed by atoms with Crippen molar-refractivity contribution in [2.24, 2.45) is 0 Å². The second kappa shape index (κ2) is 8.52. The number of hydrogen-bond donors (Lipinski definition) is 1. The van der Waals surface area contributed by atoms with Gasteiger partial charge in [0.15, 0.2) is 0 Å². The highest BCUT2D eigenvalue weighted by Gasteiger charge is 2.26. The Bertz CT molecular complexity index is 1070. The minimum absolute atomic E-state index is 0.00386. The maximum Gasteiger partial charge on any atom is 0.271 e. The predicted octanol–water partition coefficient (Wildman–Crippen LogP) is 1.92. The average molecular weight is 424 g/mol. The number of carbonyl (C=O) groups excluding carboxylic acids is 1. The molecule has 1 amide bonds. The summed E-state index contributed by atoms with van der Waals surface area (Å²) in [5.74, 6) is -0.811. The number of sulfonamides is 1. The summed E-state index contributed by atoms with van der Waals surface area (Å²) in [7, 11) is -2.80. The van der Waals surface area contributed by atoms with Gasteiger partial charge in [-0.3, -0.25) is 29.3 Å². The van der Waals surface area contributed by atoms with Crippen LogP contribution < -0.4 is 14.4 Å². The van der Waals surface area contributed by atoms with E-state index in [0.717, 1.165) is 24.5 Å². The largest absolute Gasteiger partial charge is 0.495 e. The van der Waals surface area contributed by atoms with E-state index in [0.29, 0.717) is 4.31 Å². The van der Waals surface area contributed by atoms with Gasteiger partial charge in [-0.25, -0.2) is 8.42 Å². The van der Waals surface area contributed by atoms with Crippen molar-refractivity contribution < 1.29 is 27.8 Å². The molecule has 29 heavy (non-hydrogen) atoms. The van der Waals surface area contributed by atoms with Crippen LogP contribution in [0.2, 0.25) is 0 Å². The number of nitro groups is 2. The zero-order valence-corrected chi connectivity index (χ0v) is 16.1. The van der Waals surface area contributed by atoms with Crippen LogP contribution in [0.1, 0.15) is 0 Å². The number of ether oxygens (including phenoxy) is 1. The van der Waals surface area contributed by atoms with Crippen LogP contribution in [0.15, 0.2) is 42.5 Å². The topological polar surface area (TPSA) is 162 Å². The van der Waals surface area contributed by atoms with E-state index in [-0.39, 0.29) is 22.8 Å². The Labute approximate surface area is 165 Å². The lowest BCUT2D eigenvalue weighted by Gasteiger charge is -2.23. The van der Waals surface area contributed by atoms with Crippen molar-refractivity contribution in [2.75, 3.05) is 29.5 Å². The molecule has 0 saturated carbocycles. The molecule has 0 aliphatic heterocycles. The molecule has 1 N–H and O–H groups in total. The molecule has 0 atom stereocenters. The lowest BCUT2D eigenvalue weighted by atomic mass is 10.2. The van der Waals surface area contributed by atoms with Crippen LogP contribution in [0.25, 0.3) is 0 Å². The second-order valence-corrected chi connectivity index (χ2v) is 7.65. The van der Waals surface area contributed by atoms with E-state index in [4.69, 9.17) is 4.74 Å². The summed E-state index contributed by atoms with van der Waals surface area (Å²) < 4.78 is 30.2. The van der Waals surface area contributed by atoms with Crippen molar-refractivity contribution in [1.29, 1.82) is 0 Å². The van der Waals surface area contributed by atoms with E-state index in [2.05, 4.69) is 5.32 Å². The number of anilines is 2. The number of rotatable bonds is 8. The van der Waals surface area contributed by atoms with Gasteiger partial charge in [0, 0.05) is 30.0 Å². The fourth-order valence-electron chi connectivity index (χ4n) is 2.40. The van der Waals surface area contributed by atoms with Gasteiger partial charge in [0.05, 0.1) is 23.2 Å². The van der Waals surface area contributed by atoms with Crippen molar-refractivity contribution in [1.82, 2.24) is 0 Å². The predicted molar refractivity (Wildman–Crippen MR) is 104 cm³/mol. The summed E-state index contributed by atoms with van der Waals surface area (Å²) in [6.45, 7) is -0.737. The van der Waals surface area contributed by atoms with Gasteiger partial charge < -0.3 is 10.1 Å². The molecule has 0 spiro atoms. The number of nitrogens with zero attached hydrogens (tertiary/aromatic N) is 3. The van der Waals surface area contributed by atoms with Crippen LogP contribution in [-0.4, -0.2) is 44.1 Å². The highest BCUT2D eigenvalue weighted by molar-refractivity contribution is 7.92. The van der Waals surface area contributed by atoms with Crippen LogP contribution in [-0.2, 0) is 14.8 Å². The van der Waals surface area contributed by atoms with Gasteiger partial charge in [-0.05, 0) is 12.1 Å². The highest BCUT2D eigenvalue weighted by Crippen LogP contribution is 2.33. The molecule has 0 aliphatic rings. The van der Waals surface area contributed by atoms with Crippen molar-refractivity contribution in [2.45, 2.75) is 0 Å². The minimum atomic E-state index is -4.04. The van der Waals surface area contributed by atoms with Crippen molar-refractivity contribution in [3.63, 3.8) is 0 Å². The van der Waals surface area contributed by atoms with Crippen LogP contribution in [0.4, 0.5) is 22.7 Å². The van der Waals surface area contributed by atoms with E-state index in [1.165, 1.54) is 31.4 Å². The molecule has 2 aromatic carbocycles. The number of methoxy groups -OCH3 is 1. The van der Waals surface area contributed by atoms with Crippen LogP contribution in [0, 0.1) is 20.2 Å². The Morgan fingerprint density at radius 1 is 1.10 bits per heavy atom. The fraction of sp³-hybridized carbons (Fsp3) is 0.188. The fourth-order valence-corrected chi connectivity index (χ4v) is 3.25. The molecule has 12 nitrogen and oxygen atoms in total. The third kappa shape index (κ3) is 5.38. The molecular formula is C16H16N4O8S. The lowest BCUT2D eigenvalue weighted by Crippen LogP contribution is -2.37. The first-order chi connectivity index (χ1) is 13.5. The summed E-state index contributed by atoms with van der Waals surface area (Å²) in [4.78, 5) is 32.9. The third-order valence-corrected chi connectivity index (χ3v) is 4.80. The number of nitro benzene ring substituents is 2. The summed E-state index contributed by atoms with van der Waals surface area (Å²) in [6, 6.07) is 8.40. The molecule has 2 aromatic rings. The Balaban J connectivity index is 2.37. The van der Waals surface area contributed by atoms with E-state index in [1.807, 2.05) is 0 Å². The van der Waals surface area contributed by atoms with E-state index >= 15 is 0 Å². The molecule has 0 aliphatic carbocycles. The maximum absolute atomic E-state index is 12.4. The summed E-state index contributed by atoms with van der Waals surface area (Å²) in [5.41, 5.74) is -0.765. The van der Waals surface area contributed by atoms with E-state index in [1.54, 1.807) is 0 Å². The number of hydrogen-bond acceptors (Lipinski definition) is 8. The first-order valence-electron chi connectivity index (χ1n) is 7.87. The Kier molecular flexibility index (Phi) is 6.33. The molecule has 13 heteroatoms. The van der Waals surface area contributed by atoms with E-state index < -0.39 is 38.0 Å². The standard InChI is InChI=1S/C16H16N4O8S/c1-28-15-7-6-13(20(24)25)9-14(15)18(29(2,26)27)10-16(21)17-11-4-3-5-12(8-11)19(22)23/h3-9H,10H2,1-2H3,(H,17,21). The third-order valence-electron chi connectivity index (χ3n) is 3.67. The molecule has 0 aromatic heterocycles. The maximum atomic E-state index is 12.4. The smallest absolute Gasteiger partial charge is 0.271 e. The second-order valence-electron chi connectivity index (χ2n) is 5.74. The Morgan fingerprint density at radius 3 is 2.28 bits per heavy atom. The summed E-state index contributed by atoms with van der Waals surface area (Å²) in [6.07, 6.45) is 0.825. The normalized spacial score (nSPS) is 10.8. The summed E-state index contributed by atoms with van der Waals surface area (Å²) >= 11 is 0. The quantitative estimate of drug-likeness (QED) is 0.496. The molecule has 0 saturated heterocycles. The van der Waals surface area contributed by atoms with E-state index in [9.17, 15) is 33.4 Å². The molecule has 154 valence electrons. The van der Waals surface area contributed by atoms with Gasteiger partial charge in [-0.15, -0.1) is 0 Å². The van der Waals surface area contributed by atoms with Crippen LogP contribution in [0.5, 0.6) is 5.75 Å². The van der Waals surface area contributed by atoms with Crippen molar-refractivity contribution >= 4 is 38.7 Å². The molecule has 0 bridgehead atoms. The van der Waals surface area contributed by atoms with Gasteiger partial charge in [-0.1, -0.05) is 6.07 Å². The Morgan fingerprint density at radius 2 is 1.72 bits per heavy atom. The van der Waals surface area contributed by atoms with Gasteiger partial charge in [0.1, 0.15) is 18.0 Å². The molecule has 2 rings (SSSR count). The number of benzene rings is 2. The van der Waals surface area contributed by atoms with Gasteiger partial charge >= 0.3 is 0 Å². The highest BCUT2D eigenvalue weighted by atomic mass is 32.2. The van der Waals surface area contributed by atoms with Crippen LogP contribution >= 0.6 is 0 Å². The number of non-ortho nitro benzene ring substituents is 2. The van der Waals surface area contributed by atoms with Gasteiger partial charge in [0.2, 0.25) is 15.9 Å². The summed E-state index contributed by atoms with van der Waals surface area (Å²) in [5, 5.41) is 24.2. The first kappa shape index (κ1) is 21.6. The van der Waals surface area contributed by atoms with Crippen molar-refractivity contribution in [3.05, 3.63) is 62.7 Å². The lowest BCUT2D eigenvalue weighted by molar-refractivity contribution is -0.385. The van der Waals surface area contributed by atoms with Crippen LogP contribution in [0.3, 0.4) is 0 Å². The molecule has 0 unspecified atom stereocenters. The zero-order chi connectivity index (χ0) is 21.8. The van der Waals surface area contributed by atoms with Crippen molar-refractivity contribution in [3.8, 4) is 5.75 Å². The molecular weight excluding hydrogens is 408 g/mol. The molecule has 0 fully saturated rings. The monoisotopic (exact) mass is 424 g/mol. The number of carbonyl (C=O) groups is 1. The SMILES string of the molecule is COc1ccc([N+](=O)[O-])cc1N(CC(=O)Nc1cccc([N+](=O)[O-])c1)S(C)(=O)=O. The molecule has 0 heterocycles. The first-order valence-corrected chi connectivity index (χ1v) is 9.72.